The second kappa shape index (κ2) is 9.73. The second-order valence-corrected chi connectivity index (χ2v) is 8.37. The summed E-state index contributed by atoms with van der Waals surface area (Å²) < 4.78 is 5.33. The van der Waals surface area contributed by atoms with Crippen molar-refractivity contribution in [2.24, 2.45) is 0 Å². The molecule has 0 spiro atoms. The molecule has 2 aromatic rings. The van der Waals surface area contributed by atoms with Crippen LogP contribution in [0.2, 0.25) is 10.0 Å². The highest BCUT2D eigenvalue weighted by atomic mass is 35.5. The SMILES string of the molecule is COc1c(Cl)cc(Cl)cc1/C(O)=C1\C(=O)C(=O)N(CCCN(C)C)C1c1ccccc1. The minimum absolute atomic E-state index is 0.0160. The van der Waals surface area contributed by atoms with E-state index >= 15 is 0 Å². The largest absolute Gasteiger partial charge is 0.507 e. The summed E-state index contributed by atoms with van der Waals surface area (Å²) in [6.07, 6.45) is 0.676. The maximum atomic E-state index is 13.1. The highest BCUT2D eigenvalue weighted by Crippen LogP contribution is 2.43. The number of aliphatic hydroxyl groups is 1. The van der Waals surface area contributed by atoms with Crippen molar-refractivity contribution in [1.82, 2.24) is 9.80 Å². The van der Waals surface area contributed by atoms with Gasteiger partial charge in [-0.3, -0.25) is 9.59 Å². The van der Waals surface area contributed by atoms with Crippen LogP contribution >= 0.6 is 23.2 Å². The van der Waals surface area contributed by atoms with E-state index in [9.17, 15) is 14.7 Å². The third kappa shape index (κ3) is 4.71. The molecule has 1 aliphatic heterocycles. The summed E-state index contributed by atoms with van der Waals surface area (Å²) in [5, 5.41) is 11.7. The van der Waals surface area contributed by atoms with E-state index in [1.54, 1.807) is 0 Å². The molecule has 1 aliphatic rings. The molecule has 3 rings (SSSR count). The topological polar surface area (TPSA) is 70.1 Å². The van der Waals surface area contributed by atoms with Crippen LogP contribution in [0.1, 0.15) is 23.6 Å². The number of ketones is 1. The molecule has 0 radical (unpaired) electrons. The first-order valence-electron chi connectivity index (χ1n) is 9.77. The van der Waals surface area contributed by atoms with E-state index in [-0.39, 0.29) is 32.7 Å². The summed E-state index contributed by atoms with van der Waals surface area (Å²) in [5.74, 6) is -1.60. The Morgan fingerprint density at radius 2 is 1.84 bits per heavy atom. The molecule has 0 bridgehead atoms. The van der Waals surface area contributed by atoms with Gasteiger partial charge in [0.15, 0.2) is 0 Å². The quantitative estimate of drug-likeness (QED) is 0.375. The molecule has 0 aliphatic carbocycles. The van der Waals surface area contributed by atoms with Crippen molar-refractivity contribution < 1.29 is 19.4 Å². The van der Waals surface area contributed by atoms with Crippen LogP contribution < -0.4 is 4.74 Å². The van der Waals surface area contributed by atoms with Gasteiger partial charge in [-0.05, 0) is 44.8 Å². The average molecular weight is 463 g/mol. The van der Waals surface area contributed by atoms with E-state index in [4.69, 9.17) is 27.9 Å². The standard InChI is InChI=1S/C23H24Cl2N2O4/c1-26(2)10-7-11-27-19(14-8-5-4-6-9-14)18(21(29)23(27)30)20(28)16-12-15(24)13-17(25)22(16)31-3/h4-6,8-9,12-13,19,28H,7,10-11H2,1-3H3/b20-18+. The summed E-state index contributed by atoms with van der Waals surface area (Å²) in [6.45, 7) is 1.12. The summed E-state index contributed by atoms with van der Waals surface area (Å²) in [4.78, 5) is 29.5. The molecule has 31 heavy (non-hydrogen) atoms. The van der Waals surface area contributed by atoms with Gasteiger partial charge in [0.25, 0.3) is 11.7 Å². The molecule has 6 nitrogen and oxygen atoms in total. The Kier molecular flexibility index (Phi) is 7.26. The molecule has 1 N–H and O–H groups in total. The van der Waals surface area contributed by atoms with Crippen LogP contribution in [-0.4, -0.2) is 60.9 Å². The third-order valence-electron chi connectivity index (χ3n) is 5.13. The summed E-state index contributed by atoms with van der Waals surface area (Å²) in [6, 6.07) is 11.4. The van der Waals surface area contributed by atoms with E-state index in [1.165, 1.54) is 24.1 Å². The number of carbonyl (C=O) groups excluding carboxylic acids is 2. The van der Waals surface area contributed by atoms with Gasteiger partial charge < -0.3 is 19.6 Å². The molecule has 164 valence electrons. The maximum absolute atomic E-state index is 13.1. The lowest BCUT2D eigenvalue weighted by molar-refractivity contribution is -0.139. The third-order valence-corrected chi connectivity index (χ3v) is 5.63. The van der Waals surface area contributed by atoms with Crippen molar-refractivity contribution in [3.8, 4) is 5.75 Å². The van der Waals surface area contributed by atoms with Crippen molar-refractivity contribution in [2.75, 3.05) is 34.3 Å². The molecular weight excluding hydrogens is 439 g/mol. The Bertz CT molecular complexity index is 1020. The Hall–Kier alpha value is -2.54. The Morgan fingerprint density at radius 1 is 1.16 bits per heavy atom. The van der Waals surface area contributed by atoms with Gasteiger partial charge in [0.05, 0.1) is 29.3 Å². The predicted octanol–water partition coefficient (Wildman–Crippen LogP) is 4.38. The van der Waals surface area contributed by atoms with Crippen LogP contribution in [0.25, 0.3) is 5.76 Å². The van der Waals surface area contributed by atoms with Crippen molar-refractivity contribution in [2.45, 2.75) is 12.5 Å². The normalized spacial score (nSPS) is 18.1. The highest BCUT2D eigenvalue weighted by Gasteiger charge is 2.46. The van der Waals surface area contributed by atoms with E-state index in [0.717, 1.165) is 12.1 Å². The molecule has 2 aromatic carbocycles. The number of methoxy groups -OCH3 is 1. The van der Waals surface area contributed by atoms with Crippen LogP contribution in [-0.2, 0) is 9.59 Å². The molecule has 1 saturated heterocycles. The fourth-order valence-electron chi connectivity index (χ4n) is 3.74. The van der Waals surface area contributed by atoms with Crippen molar-refractivity contribution in [1.29, 1.82) is 0 Å². The zero-order chi connectivity index (χ0) is 22.7. The molecule has 1 unspecified atom stereocenters. The van der Waals surface area contributed by atoms with Crippen molar-refractivity contribution in [3.63, 3.8) is 0 Å². The number of nitrogens with zero attached hydrogens (tertiary/aromatic N) is 2. The average Bonchev–Trinajstić information content (AvgIpc) is 2.98. The van der Waals surface area contributed by atoms with Gasteiger partial charge in [0.2, 0.25) is 0 Å². The van der Waals surface area contributed by atoms with E-state index in [2.05, 4.69) is 0 Å². The number of halogens is 2. The first-order chi connectivity index (χ1) is 14.8. The van der Waals surface area contributed by atoms with Crippen LogP contribution in [0.3, 0.4) is 0 Å². The molecule has 1 amide bonds. The summed E-state index contributed by atoms with van der Waals surface area (Å²) in [7, 11) is 5.29. The van der Waals surface area contributed by atoms with Crippen molar-refractivity contribution in [3.05, 3.63) is 69.2 Å². The fourth-order valence-corrected chi connectivity index (χ4v) is 4.31. The minimum atomic E-state index is -0.755. The van der Waals surface area contributed by atoms with Gasteiger partial charge in [-0.1, -0.05) is 53.5 Å². The van der Waals surface area contributed by atoms with E-state index in [0.29, 0.717) is 13.0 Å². The van der Waals surface area contributed by atoms with Crippen LogP contribution in [0.4, 0.5) is 0 Å². The first kappa shape index (κ1) is 23.1. The van der Waals surface area contributed by atoms with Crippen LogP contribution in [0.15, 0.2) is 48.0 Å². The molecule has 1 heterocycles. The lowest BCUT2D eigenvalue weighted by Gasteiger charge is -2.26. The molecule has 0 saturated carbocycles. The summed E-state index contributed by atoms with van der Waals surface area (Å²) >= 11 is 12.4. The minimum Gasteiger partial charge on any atom is -0.507 e. The molecule has 1 fully saturated rings. The smallest absolute Gasteiger partial charge is 0.295 e. The monoisotopic (exact) mass is 462 g/mol. The lowest BCUT2D eigenvalue weighted by atomic mass is 9.95. The number of benzene rings is 2. The number of likely N-dealkylation sites (tertiary alicyclic amines) is 1. The van der Waals surface area contributed by atoms with E-state index < -0.39 is 17.7 Å². The number of Topliss-reactive ketones (excluding diaryl/α,β-unsaturated/α-hetero) is 1. The van der Waals surface area contributed by atoms with Crippen LogP contribution in [0, 0.1) is 0 Å². The molecule has 1 atom stereocenters. The predicted molar refractivity (Wildman–Crippen MR) is 122 cm³/mol. The number of ether oxygens (including phenoxy) is 1. The fraction of sp³-hybridized carbons (Fsp3) is 0.304. The van der Waals surface area contributed by atoms with Crippen molar-refractivity contribution >= 4 is 40.7 Å². The molecule has 8 heteroatoms. The Morgan fingerprint density at radius 3 is 2.45 bits per heavy atom. The van der Waals surface area contributed by atoms with E-state index in [1.807, 2.05) is 49.3 Å². The first-order valence-corrected chi connectivity index (χ1v) is 10.5. The Balaban J connectivity index is 2.17. The summed E-state index contributed by atoms with van der Waals surface area (Å²) in [5.41, 5.74) is 0.866. The van der Waals surface area contributed by atoms with Gasteiger partial charge in [-0.25, -0.2) is 0 Å². The molecular formula is C23H24Cl2N2O4. The van der Waals surface area contributed by atoms with Gasteiger partial charge in [0, 0.05) is 11.6 Å². The lowest BCUT2D eigenvalue weighted by Crippen LogP contribution is -2.32. The van der Waals surface area contributed by atoms with Gasteiger partial charge in [0.1, 0.15) is 11.5 Å². The molecule has 0 aromatic heterocycles. The zero-order valence-corrected chi connectivity index (χ0v) is 19.1. The number of hydrogen-bond acceptors (Lipinski definition) is 5. The van der Waals surface area contributed by atoms with Gasteiger partial charge in [-0.15, -0.1) is 0 Å². The number of carbonyl (C=O) groups is 2. The Labute approximate surface area is 191 Å². The van der Waals surface area contributed by atoms with Gasteiger partial charge >= 0.3 is 0 Å². The number of amides is 1. The van der Waals surface area contributed by atoms with Crippen LogP contribution in [0.5, 0.6) is 5.75 Å². The second-order valence-electron chi connectivity index (χ2n) is 7.53. The number of hydrogen-bond donors (Lipinski definition) is 1. The highest BCUT2D eigenvalue weighted by molar-refractivity contribution is 6.46. The van der Waals surface area contributed by atoms with Gasteiger partial charge in [-0.2, -0.15) is 0 Å². The number of rotatable bonds is 7. The number of aliphatic hydroxyl groups excluding tert-OH is 1. The zero-order valence-electron chi connectivity index (χ0n) is 17.6. The maximum Gasteiger partial charge on any atom is 0.295 e.